The molecule has 1 unspecified atom stereocenters. The number of carboxylic acids is 1. The smallest absolute Gasteiger partial charge is 0.311 e. The van der Waals surface area contributed by atoms with Crippen molar-refractivity contribution in [2.45, 2.75) is 26.2 Å². The molecular formula is C17H19NO3. The maximum atomic E-state index is 11.6. The van der Waals surface area contributed by atoms with E-state index in [9.17, 15) is 9.90 Å². The molecule has 0 spiro atoms. The fourth-order valence-corrected chi connectivity index (χ4v) is 2.28. The maximum absolute atomic E-state index is 11.6. The normalized spacial score (nSPS) is 11.9. The molecule has 21 heavy (non-hydrogen) atoms. The fraction of sp³-hybridized carbons (Fsp3) is 0.294. The molecular weight excluding hydrogens is 266 g/mol. The molecule has 1 atom stereocenters. The van der Waals surface area contributed by atoms with Crippen LogP contribution in [-0.2, 0) is 11.2 Å². The molecule has 0 radical (unpaired) electrons. The van der Waals surface area contributed by atoms with Crippen LogP contribution in [0.1, 0.15) is 29.7 Å². The summed E-state index contributed by atoms with van der Waals surface area (Å²) in [7, 11) is 0. The summed E-state index contributed by atoms with van der Waals surface area (Å²) in [5.41, 5.74) is 2.49. The first-order chi connectivity index (χ1) is 10.1. The lowest BCUT2D eigenvalue weighted by Gasteiger charge is -2.15. The van der Waals surface area contributed by atoms with E-state index in [1.807, 2.05) is 50.2 Å². The van der Waals surface area contributed by atoms with E-state index in [4.69, 9.17) is 4.74 Å². The van der Waals surface area contributed by atoms with Gasteiger partial charge in [-0.25, -0.2) is 0 Å². The van der Waals surface area contributed by atoms with Crippen LogP contribution in [0.2, 0.25) is 0 Å². The minimum Gasteiger partial charge on any atom is -0.494 e. The molecule has 4 nitrogen and oxygen atoms in total. The van der Waals surface area contributed by atoms with Crippen LogP contribution in [0, 0.1) is 6.92 Å². The van der Waals surface area contributed by atoms with Crippen LogP contribution in [0.3, 0.4) is 0 Å². The SMILES string of the molecule is CCOc1ccc(C(Cc2ccccn2)C(=O)O)cc1C. The van der Waals surface area contributed by atoms with Crippen LogP contribution < -0.4 is 4.74 Å². The standard InChI is InChI=1S/C17H19NO3/c1-3-21-16-8-7-13(10-12(16)2)15(17(19)20)11-14-6-4-5-9-18-14/h4-10,15H,3,11H2,1-2H3,(H,19,20). The quantitative estimate of drug-likeness (QED) is 0.885. The van der Waals surface area contributed by atoms with Gasteiger partial charge in [-0.15, -0.1) is 0 Å². The van der Waals surface area contributed by atoms with Gasteiger partial charge in [0, 0.05) is 18.3 Å². The number of pyridine rings is 1. The number of hydrogen-bond donors (Lipinski definition) is 1. The Morgan fingerprint density at radius 2 is 2.14 bits per heavy atom. The Bertz CT molecular complexity index is 611. The molecule has 110 valence electrons. The lowest BCUT2D eigenvalue weighted by molar-refractivity contribution is -0.138. The van der Waals surface area contributed by atoms with E-state index in [1.54, 1.807) is 6.20 Å². The van der Waals surface area contributed by atoms with E-state index in [0.717, 1.165) is 22.6 Å². The lowest BCUT2D eigenvalue weighted by atomic mass is 9.92. The third-order valence-electron chi connectivity index (χ3n) is 3.34. The second-order valence-corrected chi connectivity index (χ2v) is 4.87. The number of carboxylic acid groups (broad SMARTS) is 1. The van der Waals surface area contributed by atoms with Crippen molar-refractivity contribution in [3.8, 4) is 5.75 Å². The van der Waals surface area contributed by atoms with Crippen LogP contribution in [0.4, 0.5) is 0 Å². The first-order valence-corrected chi connectivity index (χ1v) is 6.98. The molecule has 0 aliphatic rings. The summed E-state index contributed by atoms with van der Waals surface area (Å²) in [5, 5.41) is 9.49. The Labute approximate surface area is 124 Å². The van der Waals surface area contributed by atoms with Crippen molar-refractivity contribution in [1.29, 1.82) is 0 Å². The van der Waals surface area contributed by atoms with Crippen LogP contribution in [0.5, 0.6) is 5.75 Å². The highest BCUT2D eigenvalue weighted by Gasteiger charge is 2.21. The zero-order chi connectivity index (χ0) is 15.2. The maximum Gasteiger partial charge on any atom is 0.311 e. The number of aryl methyl sites for hydroxylation is 1. The summed E-state index contributed by atoms with van der Waals surface area (Å²) in [6.07, 6.45) is 2.06. The van der Waals surface area contributed by atoms with Gasteiger partial charge in [0.2, 0.25) is 0 Å². The van der Waals surface area contributed by atoms with Gasteiger partial charge < -0.3 is 9.84 Å². The second kappa shape index (κ2) is 6.88. The highest BCUT2D eigenvalue weighted by Crippen LogP contribution is 2.26. The highest BCUT2D eigenvalue weighted by atomic mass is 16.5. The number of aliphatic carboxylic acids is 1. The number of nitrogens with zero attached hydrogens (tertiary/aromatic N) is 1. The molecule has 2 rings (SSSR count). The molecule has 2 aromatic rings. The summed E-state index contributed by atoms with van der Waals surface area (Å²) >= 11 is 0. The number of aromatic nitrogens is 1. The van der Waals surface area contributed by atoms with Gasteiger partial charge in [-0.3, -0.25) is 9.78 Å². The minimum absolute atomic E-state index is 0.379. The molecule has 1 heterocycles. The average Bonchev–Trinajstić information content (AvgIpc) is 2.48. The number of benzene rings is 1. The third-order valence-corrected chi connectivity index (χ3v) is 3.34. The van der Waals surface area contributed by atoms with Crippen molar-refractivity contribution in [3.05, 3.63) is 59.4 Å². The van der Waals surface area contributed by atoms with E-state index in [1.165, 1.54) is 0 Å². The Morgan fingerprint density at radius 1 is 1.33 bits per heavy atom. The number of carbonyl (C=O) groups is 1. The molecule has 0 aliphatic carbocycles. The first kappa shape index (κ1) is 15.0. The molecule has 0 amide bonds. The van der Waals surface area contributed by atoms with Crippen molar-refractivity contribution in [1.82, 2.24) is 4.98 Å². The van der Waals surface area contributed by atoms with Crippen LogP contribution in [-0.4, -0.2) is 22.7 Å². The molecule has 0 saturated carbocycles. The Hall–Kier alpha value is -2.36. The molecule has 0 saturated heterocycles. The van der Waals surface area contributed by atoms with Crippen molar-refractivity contribution < 1.29 is 14.6 Å². The summed E-state index contributed by atoms with van der Waals surface area (Å²) in [6, 6.07) is 11.1. The van der Waals surface area contributed by atoms with Crippen LogP contribution >= 0.6 is 0 Å². The van der Waals surface area contributed by atoms with Crippen molar-refractivity contribution in [2.24, 2.45) is 0 Å². The number of ether oxygens (including phenoxy) is 1. The number of rotatable bonds is 6. The van der Waals surface area contributed by atoms with Crippen molar-refractivity contribution >= 4 is 5.97 Å². The van der Waals surface area contributed by atoms with E-state index in [2.05, 4.69) is 4.98 Å². The molecule has 0 bridgehead atoms. The van der Waals surface area contributed by atoms with E-state index in [-0.39, 0.29) is 0 Å². The van der Waals surface area contributed by atoms with E-state index >= 15 is 0 Å². The summed E-state index contributed by atoms with van der Waals surface area (Å²) < 4.78 is 5.49. The van der Waals surface area contributed by atoms with Crippen LogP contribution in [0.15, 0.2) is 42.6 Å². The largest absolute Gasteiger partial charge is 0.494 e. The van der Waals surface area contributed by atoms with Crippen molar-refractivity contribution in [2.75, 3.05) is 6.61 Å². The lowest BCUT2D eigenvalue weighted by Crippen LogP contribution is -2.15. The van der Waals surface area contributed by atoms with E-state index in [0.29, 0.717) is 13.0 Å². The Kier molecular flexibility index (Phi) is 4.93. The van der Waals surface area contributed by atoms with Gasteiger partial charge in [-0.05, 0) is 43.2 Å². The minimum atomic E-state index is -0.843. The first-order valence-electron chi connectivity index (χ1n) is 6.98. The van der Waals surface area contributed by atoms with Gasteiger partial charge >= 0.3 is 5.97 Å². The molecule has 0 fully saturated rings. The van der Waals surface area contributed by atoms with Gasteiger partial charge in [0.05, 0.1) is 12.5 Å². The molecule has 1 aromatic carbocycles. The predicted molar refractivity (Wildman–Crippen MR) is 80.7 cm³/mol. The van der Waals surface area contributed by atoms with Gasteiger partial charge in [-0.1, -0.05) is 18.2 Å². The molecule has 1 aromatic heterocycles. The monoisotopic (exact) mass is 285 g/mol. The zero-order valence-electron chi connectivity index (χ0n) is 12.2. The topological polar surface area (TPSA) is 59.4 Å². The summed E-state index contributed by atoms with van der Waals surface area (Å²) in [5.74, 6) is -0.651. The Balaban J connectivity index is 2.26. The Morgan fingerprint density at radius 3 is 2.71 bits per heavy atom. The van der Waals surface area contributed by atoms with E-state index < -0.39 is 11.9 Å². The van der Waals surface area contributed by atoms with Gasteiger partial charge in [-0.2, -0.15) is 0 Å². The highest BCUT2D eigenvalue weighted by molar-refractivity contribution is 5.76. The molecule has 4 heteroatoms. The second-order valence-electron chi connectivity index (χ2n) is 4.87. The fourth-order valence-electron chi connectivity index (χ4n) is 2.28. The molecule has 0 aliphatic heterocycles. The zero-order valence-corrected chi connectivity index (χ0v) is 12.2. The predicted octanol–water partition coefficient (Wildman–Crippen LogP) is 3.20. The summed E-state index contributed by atoms with van der Waals surface area (Å²) in [4.78, 5) is 15.8. The van der Waals surface area contributed by atoms with Crippen molar-refractivity contribution in [3.63, 3.8) is 0 Å². The average molecular weight is 285 g/mol. The van der Waals surface area contributed by atoms with Gasteiger partial charge in [0.15, 0.2) is 0 Å². The molecule has 1 N–H and O–H groups in total. The summed E-state index contributed by atoms with van der Waals surface area (Å²) in [6.45, 7) is 4.44. The van der Waals surface area contributed by atoms with Crippen LogP contribution in [0.25, 0.3) is 0 Å². The third kappa shape index (κ3) is 3.81. The van der Waals surface area contributed by atoms with Gasteiger partial charge in [0.1, 0.15) is 5.75 Å². The van der Waals surface area contributed by atoms with Gasteiger partial charge in [0.25, 0.3) is 0 Å². The number of hydrogen-bond acceptors (Lipinski definition) is 3.